The maximum Gasteiger partial charge on any atom is 0.326 e. The third-order valence-corrected chi connectivity index (χ3v) is 5.17. The number of carbonyl (C=O) groups is 3. The van der Waals surface area contributed by atoms with Gasteiger partial charge in [0.2, 0.25) is 11.8 Å². The highest BCUT2D eigenvalue weighted by atomic mass is 19.1. The second-order valence-electron chi connectivity index (χ2n) is 6.83. The van der Waals surface area contributed by atoms with Crippen LogP contribution in [-0.2, 0) is 27.3 Å². The van der Waals surface area contributed by atoms with E-state index in [0.29, 0.717) is 5.56 Å². The maximum atomic E-state index is 13.5. The van der Waals surface area contributed by atoms with Crippen molar-refractivity contribution in [2.75, 3.05) is 5.32 Å². The molecule has 2 heterocycles. The second-order valence-corrected chi connectivity index (χ2v) is 6.83. The minimum absolute atomic E-state index is 0.0953. The molecular formula is C20H17FN2O4. The molecule has 2 aliphatic heterocycles. The van der Waals surface area contributed by atoms with Crippen molar-refractivity contribution >= 4 is 23.5 Å². The lowest BCUT2D eigenvalue weighted by Gasteiger charge is -2.37. The van der Waals surface area contributed by atoms with Crippen LogP contribution in [-0.4, -0.2) is 33.8 Å². The highest BCUT2D eigenvalue weighted by Gasteiger charge is 2.40. The van der Waals surface area contributed by atoms with Gasteiger partial charge in [-0.05, 0) is 28.8 Å². The highest BCUT2D eigenvalue weighted by Crippen LogP contribution is 2.36. The molecule has 2 aromatic carbocycles. The monoisotopic (exact) mass is 368 g/mol. The lowest BCUT2D eigenvalue weighted by molar-refractivity contribution is -0.152. The molecule has 4 rings (SSSR count). The third-order valence-electron chi connectivity index (χ3n) is 5.17. The van der Waals surface area contributed by atoms with E-state index in [-0.39, 0.29) is 25.1 Å². The number of carbonyl (C=O) groups excluding carboxylic acids is 2. The Bertz CT molecular complexity index is 959. The maximum absolute atomic E-state index is 13.5. The lowest BCUT2D eigenvalue weighted by atomic mass is 9.86. The number of benzene rings is 2. The summed E-state index contributed by atoms with van der Waals surface area (Å²) in [6.07, 6.45) is 0.119. The fourth-order valence-corrected chi connectivity index (χ4v) is 3.83. The summed E-state index contributed by atoms with van der Waals surface area (Å²) >= 11 is 0. The average Bonchev–Trinajstić information content (AvgIpc) is 2.65. The van der Waals surface area contributed by atoms with Gasteiger partial charge in [-0.3, -0.25) is 9.59 Å². The zero-order valence-corrected chi connectivity index (χ0v) is 14.3. The van der Waals surface area contributed by atoms with Gasteiger partial charge in [0, 0.05) is 25.1 Å². The molecule has 0 spiro atoms. The van der Waals surface area contributed by atoms with Crippen LogP contribution in [0.3, 0.4) is 0 Å². The number of anilines is 1. The summed E-state index contributed by atoms with van der Waals surface area (Å²) in [5, 5.41) is 12.2. The number of fused-ring (bicyclic) bond motifs is 2. The van der Waals surface area contributed by atoms with Crippen molar-refractivity contribution < 1.29 is 23.9 Å². The Morgan fingerprint density at radius 1 is 1.11 bits per heavy atom. The van der Waals surface area contributed by atoms with E-state index in [0.717, 1.165) is 11.1 Å². The number of halogens is 1. The highest BCUT2D eigenvalue weighted by molar-refractivity contribution is 6.01. The number of aliphatic carboxylic acids is 1. The van der Waals surface area contributed by atoms with E-state index >= 15 is 0 Å². The van der Waals surface area contributed by atoms with Crippen LogP contribution < -0.4 is 5.32 Å². The summed E-state index contributed by atoms with van der Waals surface area (Å²) < 4.78 is 13.5. The topological polar surface area (TPSA) is 86.7 Å². The van der Waals surface area contributed by atoms with E-state index in [1.165, 1.54) is 23.1 Å². The number of rotatable bonds is 2. The van der Waals surface area contributed by atoms with Crippen molar-refractivity contribution in [3.8, 4) is 0 Å². The van der Waals surface area contributed by atoms with E-state index in [1.54, 1.807) is 0 Å². The van der Waals surface area contributed by atoms with Crippen LogP contribution in [0.2, 0.25) is 0 Å². The number of carboxylic acids is 1. The molecule has 0 saturated heterocycles. The first-order chi connectivity index (χ1) is 12.9. The van der Waals surface area contributed by atoms with Gasteiger partial charge in [0.1, 0.15) is 11.9 Å². The Morgan fingerprint density at radius 2 is 1.85 bits per heavy atom. The van der Waals surface area contributed by atoms with Crippen LogP contribution in [0, 0.1) is 5.82 Å². The Kier molecular flexibility index (Phi) is 4.14. The first-order valence-corrected chi connectivity index (χ1v) is 8.63. The Hall–Kier alpha value is -3.22. The van der Waals surface area contributed by atoms with Crippen LogP contribution in [0.25, 0.3) is 0 Å². The molecule has 0 fully saturated rings. The number of carboxylic acid groups (broad SMARTS) is 1. The van der Waals surface area contributed by atoms with Crippen LogP contribution in [0.1, 0.15) is 29.0 Å². The fourth-order valence-electron chi connectivity index (χ4n) is 3.83. The standard InChI is InChI=1S/C20H17FN2O4/c21-13-5-6-14-15(9-18(24)22-16(14)8-13)19(25)23-10-12-4-2-1-3-11(12)7-17(23)20(26)27/h1-6,8,15,17H,7,9-10H2,(H,22,24)(H,26,27)/t15-,17+/m1/s1. The predicted octanol–water partition coefficient (Wildman–Crippen LogP) is 2.29. The normalized spacial score (nSPS) is 21.1. The molecule has 0 saturated carbocycles. The number of hydrogen-bond donors (Lipinski definition) is 2. The van der Waals surface area contributed by atoms with Crippen LogP contribution >= 0.6 is 0 Å². The summed E-state index contributed by atoms with van der Waals surface area (Å²) in [6.45, 7) is 0.167. The minimum atomic E-state index is -1.09. The SMILES string of the molecule is O=C1C[C@@H](C(=O)N2Cc3ccccc3C[C@H]2C(=O)O)c2ccc(F)cc2N1. The molecule has 0 aromatic heterocycles. The van der Waals surface area contributed by atoms with Crippen LogP contribution in [0.4, 0.5) is 10.1 Å². The molecule has 0 aliphatic carbocycles. The van der Waals surface area contributed by atoms with Crippen molar-refractivity contribution in [1.29, 1.82) is 0 Å². The zero-order valence-electron chi connectivity index (χ0n) is 14.3. The summed E-state index contributed by atoms with van der Waals surface area (Å²) in [6, 6.07) is 10.3. The second kappa shape index (κ2) is 6.50. The number of nitrogens with zero attached hydrogens (tertiary/aromatic N) is 1. The predicted molar refractivity (Wildman–Crippen MR) is 94.5 cm³/mol. The van der Waals surface area contributed by atoms with Gasteiger partial charge < -0.3 is 15.3 Å². The molecule has 27 heavy (non-hydrogen) atoms. The van der Waals surface area contributed by atoms with Crippen LogP contribution in [0.5, 0.6) is 0 Å². The summed E-state index contributed by atoms with van der Waals surface area (Å²) in [4.78, 5) is 38.4. The van der Waals surface area contributed by atoms with E-state index in [4.69, 9.17) is 0 Å². The van der Waals surface area contributed by atoms with E-state index in [9.17, 15) is 23.9 Å². The van der Waals surface area contributed by atoms with Gasteiger partial charge in [0.15, 0.2) is 0 Å². The Labute approximate surface area is 154 Å². The summed E-state index contributed by atoms with van der Waals surface area (Å²) in [7, 11) is 0. The van der Waals surface area contributed by atoms with Crippen molar-refractivity contribution in [3.05, 3.63) is 65.0 Å². The molecule has 7 heteroatoms. The fraction of sp³-hybridized carbons (Fsp3) is 0.250. The van der Waals surface area contributed by atoms with Gasteiger partial charge in [0.05, 0.1) is 5.92 Å². The van der Waals surface area contributed by atoms with Gasteiger partial charge >= 0.3 is 5.97 Å². The van der Waals surface area contributed by atoms with Gasteiger partial charge in [-0.15, -0.1) is 0 Å². The minimum Gasteiger partial charge on any atom is -0.480 e. The van der Waals surface area contributed by atoms with Crippen molar-refractivity contribution in [1.82, 2.24) is 4.90 Å². The Morgan fingerprint density at radius 3 is 2.59 bits per heavy atom. The van der Waals surface area contributed by atoms with E-state index < -0.39 is 35.6 Å². The Balaban J connectivity index is 1.71. The first kappa shape index (κ1) is 17.2. The van der Waals surface area contributed by atoms with Crippen molar-refractivity contribution in [2.24, 2.45) is 0 Å². The molecule has 6 nitrogen and oxygen atoms in total. The molecule has 2 aliphatic rings. The van der Waals surface area contributed by atoms with Gasteiger partial charge in [0.25, 0.3) is 0 Å². The molecule has 0 unspecified atom stereocenters. The molecule has 0 bridgehead atoms. The molecule has 2 amide bonds. The molecule has 2 atom stereocenters. The average molecular weight is 368 g/mol. The zero-order chi connectivity index (χ0) is 19.1. The third kappa shape index (κ3) is 3.05. The van der Waals surface area contributed by atoms with Gasteiger partial charge in [-0.25, -0.2) is 9.18 Å². The molecule has 2 N–H and O–H groups in total. The largest absolute Gasteiger partial charge is 0.480 e. The smallest absolute Gasteiger partial charge is 0.326 e. The first-order valence-electron chi connectivity index (χ1n) is 8.63. The van der Waals surface area contributed by atoms with Crippen LogP contribution in [0.15, 0.2) is 42.5 Å². The summed E-state index contributed by atoms with van der Waals surface area (Å²) in [5.41, 5.74) is 2.55. The van der Waals surface area contributed by atoms with Gasteiger partial charge in [-0.2, -0.15) is 0 Å². The quantitative estimate of drug-likeness (QED) is 0.852. The lowest BCUT2D eigenvalue weighted by Crippen LogP contribution is -2.51. The molecule has 138 valence electrons. The molecule has 0 radical (unpaired) electrons. The number of nitrogens with one attached hydrogen (secondary N) is 1. The summed E-state index contributed by atoms with van der Waals surface area (Å²) in [5.74, 6) is -3.26. The molecular weight excluding hydrogens is 351 g/mol. The number of hydrogen-bond acceptors (Lipinski definition) is 3. The van der Waals surface area contributed by atoms with Crippen molar-refractivity contribution in [3.63, 3.8) is 0 Å². The number of amides is 2. The van der Waals surface area contributed by atoms with Gasteiger partial charge in [-0.1, -0.05) is 30.3 Å². The molecule has 2 aromatic rings. The van der Waals surface area contributed by atoms with Crippen molar-refractivity contribution in [2.45, 2.75) is 31.3 Å². The van der Waals surface area contributed by atoms with E-state index in [1.807, 2.05) is 24.3 Å². The van der Waals surface area contributed by atoms with E-state index in [2.05, 4.69) is 5.32 Å².